The quantitative estimate of drug-likeness (QED) is 0.256. The molecule has 0 spiro atoms. The van der Waals surface area contributed by atoms with Gasteiger partial charge < -0.3 is 9.84 Å². The Morgan fingerprint density at radius 3 is 2.32 bits per heavy atom. The number of fused-ring (bicyclic) bond motifs is 1. The molecule has 3 heterocycles. The van der Waals surface area contributed by atoms with Gasteiger partial charge in [-0.1, -0.05) is 68.2 Å². The van der Waals surface area contributed by atoms with Gasteiger partial charge in [0.25, 0.3) is 0 Å². The molecule has 1 unspecified atom stereocenters. The normalized spacial score (nSPS) is 15.4. The molecule has 2 aromatic heterocycles. The number of furan rings is 1. The van der Waals surface area contributed by atoms with Crippen molar-refractivity contribution in [3.8, 4) is 22.4 Å². The standard InChI is InChI=1S/C30H27Cl2N3O3/c1-15-23(14-33-35-15)18-8-11-20(24(32)12-18)26-21(17-6-9-19(31)10-7-17)13-22-25(16(2)36)27(38-29(22)34-26)28(37)30(3,4)5/h6-13,23,33H,14H2,1-5H3. The highest BCUT2D eigenvalue weighted by molar-refractivity contribution is 6.33. The monoisotopic (exact) mass is 547 g/mol. The second-order valence-electron chi connectivity index (χ2n) is 10.6. The molecule has 0 bridgehead atoms. The summed E-state index contributed by atoms with van der Waals surface area (Å²) < 4.78 is 6.01. The van der Waals surface area contributed by atoms with E-state index in [1.807, 2.05) is 43.3 Å². The first kappa shape index (κ1) is 26.1. The van der Waals surface area contributed by atoms with Crippen molar-refractivity contribution in [2.75, 3.05) is 6.54 Å². The van der Waals surface area contributed by atoms with Gasteiger partial charge in [0.05, 0.1) is 21.7 Å². The number of nitrogens with zero attached hydrogens (tertiary/aromatic N) is 2. The van der Waals surface area contributed by atoms with Crippen LogP contribution in [0.4, 0.5) is 0 Å². The van der Waals surface area contributed by atoms with Gasteiger partial charge in [0, 0.05) is 39.7 Å². The Labute approximate surface area is 231 Å². The summed E-state index contributed by atoms with van der Waals surface area (Å²) in [5, 5.41) is 5.89. The van der Waals surface area contributed by atoms with Gasteiger partial charge in [0.15, 0.2) is 11.5 Å². The molecular weight excluding hydrogens is 521 g/mol. The van der Waals surface area contributed by atoms with Crippen molar-refractivity contribution < 1.29 is 14.0 Å². The number of benzene rings is 2. The molecular formula is C30H27Cl2N3O3. The number of hydrogen-bond acceptors (Lipinski definition) is 6. The van der Waals surface area contributed by atoms with Crippen LogP contribution < -0.4 is 5.43 Å². The Bertz CT molecular complexity index is 1630. The summed E-state index contributed by atoms with van der Waals surface area (Å²) in [6.45, 7) is 9.50. The lowest BCUT2D eigenvalue weighted by atomic mass is 9.87. The minimum absolute atomic E-state index is 0.0247. The van der Waals surface area contributed by atoms with Crippen molar-refractivity contribution >= 4 is 51.6 Å². The first-order valence-corrected chi connectivity index (χ1v) is 13.1. The van der Waals surface area contributed by atoms with Gasteiger partial charge in [-0.15, -0.1) is 0 Å². The fourth-order valence-electron chi connectivity index (χ4n) is 4.71. The molecule has 0 fully saturated rings. The van der Waals surface area contributed by atoms with Gasteiger partial charge >= 0.3 is 0 Å². The largest absolute Gasteiger partial charge is 0.434 e. The molecule has 0 radical (unpaired) electrons. The van der Waals surface area contributed by atoms with Gasteiger partial charge in [0.2, 0.25) is 11.5 Å². The predicted octanol–water partition coefficient (Wildman–Crippen LogP) is 7.96. The Hall–Kier alpha value is -3.48. The molecule has 1 atom stereocenters. The van der Waals surface area contributed by atoms with E-state index in [9.17, 15) is 9.59 Å². The van der Waals surface area contributed by atoms with E-state index < -0.39 is 5.41 Å². The molecule has 0 aliphatic carbocycles. The number of aromatic nitrogens is 1. The molecule has 194 valence electrons. The first-order valence-electron chi connectivity index (χ1n) is 12.3. The lowest BCUT2D eigenvalue weighted by Gasteiger charge is -2.15. The van der Waals surface area contributed by atoms with Crippen molar-refractivity contribution in [1.29, 1.82) is 0 Å². The summed E-state index contributed by atoms with van der Waals surface area (Å²) in [5.74, 6) is -0.365. The van der Waals surface area contributed by atoms with Gasteiger partial charge in [-0.05, 0) is 49.2 Å². The van der Waals surface area contributed by atoms with Crippen LogP contribution in [0.25, 0.3) is 33.5 Å². The van der Waals surface area contributed by atoms with Crippen LogP contribution in [0.5, 0.6) is 0 Å². The zero-order chi connectivity index (χ0) is 27.4. The van der Waals surface area contributed by atoms with E-state index in [-0.39, 0.29) is 34.5 Å². The highest BCUT2D eigenvalue weighted by Crippen LogP contribution is 2.41. The van der Waals surface area contributed by atoms with E-state index >= 15 is 0 Å². The molecule has 0 amide bonds. The van der Waals surface area contributed by atoms with Crippen LogP contribution in [-0.4, -0.2) is 28.8 Å². The number of hydrogen-bond donors (Lipinski definition) is 1. The Morgan fingerprint density at radius 2 is 1.74 bits per heavy atom. The minimum Gasteiger partial charge on any atom is -0.434 e. The van der Waals surface area contributed by atoms with Crippen LogP contribution in [0.3, 0.4) is 0 Å². The number of hydrazone groups is 1. The third-order valence-electron chi connectivity index (χ3n) is 6.78. The number of halogens is 2. The minimum atomic E-state index is -0.740. The molecule has 1 aliphatic heterocycles. The number of rotatable bonds is 5. The van der Waals surface area contributed by atoms with Crippen LogP contribution in [0.1, 0.15) is 67.0 Å². The maximum Gasteiger partial charge on any atom is 0.228 e. The van der Waals surface area contributed by atoms with Crippen molar-refractivity contribution in [2.45, 2.75) is 40.5 Å². The Morgan fingerprint density at radius 1 is 1.03 bits per heavy atom. The SMILES string of the molecule is CC(=O)c1c(C(=O)C(C)(C)C)oc2nc(-c3ccc(C4CNN=C4C)cc3Cl)c(-c3ccc(Cl)cc3)cc12. The molecule has 38 heavy (non-hydrogen) atoms. The van der Waals surface area contributed by atoms with Crippen molar-refractivity contribution in [1.82, 2.24) is 10.4 Å². The van der Waals surface area contributed by atoms with Crippen molar-refractivity contribution in [3.05, 3.63) is 75.5 Å². The summed E-state index contributed by atoms with van der Waals surface area (Å²) in [6.07, 6.45) is 0. The van der Waals surface area contributed by atoms with E-state index in [1.54, 1.807) is 32.9 Å². The predicted molar refractivity (Wildman–Crippen MR) is 153 cm³/mol. The Kier molecular flexibility index (Phi) is 6.66. The maximum atomic E-state index is 13.2. The molecule has 4 aromatic rings. The highest BCUT2D eigenvalue weighted by atomic mass is 35.5. The topological polar surface area (TPSA) is 84.6 Å². The number of pyridine rings is 1. The van der Waals surface area contributed by atoms with Gasteiger partial charge in [-0.25, -0.2) is 4.98 Å². The van der Waals surface area contributed by atoms with E-state index in [0.29, 0.717) is 33.2 Å². The average Bonchev–Trinajstić information content (AvgIpc) is 3.45. The molecule has 1 N–H and O–H groups in total. The second-order valence-corrected chi connectivity index (χ2v) is 11.4. The van der Waals surface area contributed by atoms with E-state index in [2.05, 4.69) is 10.5 Å². The number of ketones is 2. The summed E-state index contributed by atoms with van der Waals surface area (Å²) in [7, 11) is 0. The summed E-state index contributed by atoms with van der Waals surface area (Å²) in [4.78, 5) is 30.8. The van der Waals surface area contributed by atoms with Gasteiger partial charge in [0.1, 0.15) is 0 Å². The molecule has 5 rings (SSSR count). The number of Topliss-reactive ketones (excluding diaryl/α,β-unsaturated/α-hetero) is 2. The molecule has 1 aliphatic rings. The lowest BCUT2D eigenvalue weighted by Crippen LogP contribution is -2.21. The molecule has 6 nitrogen and oxygen atoms in total. The zero-order valence-electron chi connectivity index (χ0n) is 21.8. The van der Waals surface area contributed by atoms with Crippen LogP contribution in [0.2, 0.25) is 10.0 Å². The van der Waals surface area contributed by atoms with E-state index in [4.69, 9.17) is 32.6 Å². The van der Waals surface area contributed by atoms with Crippen LogP contribution >= 0.6 is 23.2 Å². The van der Waals surface area contributed by atoms with Gasteiger partial charge in [-0.2, -0.15) is 5.10 Å². The Balaban J connectivity index is 1.76. The van der Waals surface area contributed by atoms with Gasteiger partial charge in [-0.3, -0.25) is 9.59 Å². The third-order valence-corrected chi connectivity index (χ3v) is 7.35. The molecule has 0 saturated heterocycles. The lowest BCUT2D eigenvalue weighted by molar-refractivity contribution is 0.0823. The number of carbonyl (C=O) groups is 2. The number of carbonyl (C=O) groups excluding carboxylic acids is 2. The van der Waals surface area contributed by atoms with E-state index in [1.165, 1.54) is 6.92 Å². The maximum absolute atomic E-state index is 13.2. The third kappa shape index (κ3) is 4.63. The average molecular weight is 548 g/mol. The summed E-state index contributed by atoms with van der Waals surface area (Å²) in [5.41, 5.74) is 7.63. The van der Waals surface area contributed by atoms with Crippen molar-refractivity contribution in [2.24, 2.45) is 10.5 Å². The second kappa shape index (κ2) is 9.68. The van der Waals surface area contributed by atoms with Crippen LogP contribution in [0.15, 0.2) is 58.0 Å². The summed E-state index contributed by atoms with van der Waals surface area (Å²) in [6, 6.07) is 15.1. The number of nitrogens with one attached hydrogen (secondary N) is 1. The molecule has 2 aromatic carbocycles. The summed E-state index contributed by atoms with van der Waals surface area (Å²) >= 11 is 13.0. The van der Waals surface area contributed by atoms with Crippen LogP contribution in [0, 0.1) is 5.41 Å². The highest BCUT2D eigenvalue weighted by Gasteiger charge is 2.33. The fraction of sp³-hybridized carbons (Fsp3) is 0.267. The fourth-order valence-corrected chi connectivity index (χ4v) is 5.12. The smallest absolute Gasteiger partial charge is 0.228 e. The molecule has 0 saturated carbocycles. The molecule has 8 heteroatoms. The van der Waals surface area contributed by atoms with E-state index in [0.717, 1.165) is 22.4 Å². The van der Waals surface area contributed by atoms with Crippen LogP contribution in [-0.2, 0) is 0 Å². The first-order chi connectivity index (χ1) is 18.0. The van der Waals surface area contributed by atoms with Crippen molar-refractivity contribution in [3.63, 3.8) is 0 Å². The zero-order valence-corrected chi connectivity index (χ0v) is 23.3.